The normalized spacial score (nSPS) is 9.71. The molecule has 0 fully saturated rings. The number of benzene rings is 2. The van der Waals surface area contributed by atoms with Crippen molar-refractivity contribution in [3.05, 3.63) is 59.2 Å². The van der Waals surface area contributed by atoms with Gasteiger partial charge in [0, 0.05) is 13.1 Å². The van der Waals surface area contributed by atoms with Crippen LogP contribution in [0.5, 0.6) is 11.5 Å². The van der Waals surface area contributed by atoms with E-state index in [1.54, 1.807) is 38.5 Å². The van der Waals surface area contributed by atoms with E-state index in [0.717, 1.165) is 11.1 Å². The maximum Gasteiger partial charge on any atom is 0.315 e. The van der Waals surface area contributed by atoms with E-state index in [0.29, 0.717) is 30.2 Å². The van der Waals surface area contributed by atoms with Crippen LogP contribution in [0, 0.1) is 11.3 Å². The van der Waals surface area contributed by atoms with Gasteiger partial charge in [-0.15, -0.1) is 0 Å². The molecule has 0 saturated carbocycles. The Morgan fingerprint density at radius 2 is 1.67 bits per heavy atom. The van der Waals surface area contributed by atoms with Crippen molar-refractivity contribution in [1.82, 2.24) is 10.6 Å². The number of nitrogens with zero attached hydrogens (tertiary/aromatic N) is 1. The molecule has 6 heteroatoms. The van der Waals surface area contributed by atoms with Crippen LogP contribution in [0.2, 0.25) is 0 Å². The Labute approximate surface area is 141 Å². The van der Waals surface area contributed by atoms with Crippen molar-refractivity contribution in [2.45, 2.75) is 13.1 Å². The zero-order valence-corrected chi connectivity index (χ0v) is 13.6. The van der Waals surface area contributed by atoms with Crippen molar-refractivity contribution in [3.63, 3.8) is 0 Å². The molecular formula is C18H19N3O3. The first-order chi connectivity index (χ1) is 11.7. The molecule has 0 radical (unpaired) electrons. The molecule has 24 heavy (non-hydrogen) atoms. The molecule has 0 aromatic heterocycles. The minimum atomic E-state index is -0.285. The second-order valence-electron chi connectivity index (χ2n) is 5.04. The van der Waals surface area contributed by atoms with E-state index in [-0.39, 0.29) is 6.03 Å². The van der Waals surface area contributed by atoms with Gasteiger partial charge in [-0.25, -0.2) is 4.79 Å². The highest BCUT2D eigenvalue weighted by atomic mass is 16.5. The van der Waals surface area contributed by atoms with Gasteiger partial charge in [0.2, 0.25) is 0 Å². The van der Waals surface area contributed by atoms with E-state index in [2.05, 4.69) is 16.7 Å². The summed E-state index contributed by atoms with van der Waals surface area (Å²) < 4.78 is 10.4. The average Bonchev–Trinajstić information content (AvgIpc) is 2.64. The molecule has 6 nitrogen and oxygen atoms in total. The summed E-state index contributed by atoms with van der Waals surface area (Å²) in [6, 6.07) is 14.4. The van der Waals surface area contributed by atoms with E-state index >= 15 is 0 Å². The molecule has 0 spiro atoms. The van der Waals surface area contributed by atoms with Crippen molar-refractivity contribution >= 4 is 6.03 Å². The molecule has 2 aromatic rings. The maximum atomic E-state index is 11.9. The third-order valence-corrected chi connectivity index (χ3v) is 3.41. The lowest BCUT2D eigenvalue weighted by atomic mass is 10.1. The van der Waals surface area contributed by atoms with Gasteiger partial charge in [0.25, 0.3) is 0 Å². The molecule has 0 bridgehead atoms. The third kappa shape index (κ3) is 4.65. The van der Waals surface area contributed by atoms with E-state index in [4.69, 9.17) is 14.7 Å². The Morgan fingerprint density at radius 1 is 1.00 bits per heavy atom. The fourth-order valence-corrected chi connectivity index (χ4v) is 2.17. The van der Waals surface area contributed by atoms with E-state index in [1.807, 2.05) is 18.2 Å². The molecule has 0 aliphatic carbocycles. The third-order valence-electron chi connectivity index (χ3n) is 3.41. The van der Waals surface area contributed by atoms with Gasteiger partial charge in [-0.1, -0.05) is 18.2 Å². The summed E-state index contributed by atoms with van der Waals surface area (Å²) in [6.07, 6.45) is 0. The zero-order chi connectivity index (χ0) is 17.4. The van der Waals surface area contributed by atoms with Gasteiger partial charge in [-0.05, 0) is 35.4 Å². The number of methoxy groups -OCH3 is 2. The number of amides is 2. The molecule has 0 heterocycles. The van der Waals surface area contributed by atoms with Crippen molar-refractivity contribution in [3.8, 4) is 17.6 Å². The van der Waals surface area contributed by atoms with E-state index in [9.17, 15) is 4.79 Å². The SMILES string of the molecule is COc1ccc(CNC(=O)NCc2cccc(C#N)c2)cc1OC. The maximum absolute atomic E-state index is 11.9. The van der Waals surface area contributed by atoms with Crippen LogP contribution >= 0.6 is 0 Å². The van der Waals surface area contributed by atoms with Gasteiger partial charge >= 0.3 is 6.03 Å². The Hall–Kier alpha value is -3.20. The van der Waals surface area contributed by atoms with Crippen molar-refractivity contribution in [2.75, 3.05) is 14.2 Å². The summed E-state index contributed by atoms with van der Waals surface area (Å²) in [5.41, 5.74) is 2.34. The zero-order valence-electron chi connectivity index (χ0n) is 13.6. The van der Waals surface area contributed by atoms with Crippen LogP contribution in [-0.4, -0.2) is 20.3 Å². The molecule has 2 rings (SSSR count). The summed E-state index contributed by atoms with van der Waals surface area (Å²) in [6.45, 7) is 0.720. The number of rotatable bonds is 6. The van der Waals surface area contributed by atoms with E-state index in [1.165, 1.54) is 0 Å². The Morgan fingerprint density at radius 3 is 2.29 bits per heavy atom. The topological polar surface area (TPSA) is 83.4 Å². The predicted octanol–water partition coefficient (Wildman–Crippen LogP) is 2.57. The summed E-state index contributed by atoms with van der Waals surface area (Å²) in [5.74, 6) is 1.26. The molecule has 0 unspecified atom stereocenters. The Bertz CT molecular complexity index is 753. The quantitative estimate of drug-likeness (QED) is 0.855. The van der Waals surface area contributed by atoms with Gasteiger partial charge in [0.05, 0.1) is 25.9 Å². The number of hydrogen-bond acceptors (Lipinski definition) is 4. The van der Waals surface area contributed by atoms with Crippen LogP contribution < -0.4 is 20.1 Å². The van der Waals surface area contributed by atoms with Crippen LogP contribution in [-0.2, 0) is 13.1 Å². The molecular weight excluding hydrogens is 306 g/mol. The number of hydrogen-bond donors (Lipinski definition) is 2. The minimum Gasteiger partial charge on any atom is -0.493 e. The van der Waals surface area contributed by atoms with Gasteiger partial charge < -0.3 is 20.1 Å². The molecule has 0 aliphatic heterocycles. The van der Waals surface area contributed by atoms with Crippen LogP contribution in [0.1, 0.15) is 16.7 Å². The summed E-state index contributed by atoms with van der Waals surface area (Å²) in [4.78, 5) is 11.9. The van der Waals surface area contributed by atoms with Gasteiger partial charge in [0.1, 0.15) is 0 Å². The van der Waals surface area contributed by atoms with Crippen LogP contribution in [0.4, 0.5) is 4.79 Å². The lowest BCUT2D eigenvalue weighted by Gasteiger charge is -2.11. The lowest BCUT2D eigenvalue weighted by Crippen LogP contribution is -2.34. The molecule has 2 aromatic carbocycles. The first-order valence-electron chi connectivity index (χ1n) is 7.38. The summed E-state index contributed by atoms with van der Waals surface area (Å²) in [5, 5.41) is 14.4. The summed E-state index contributed by atoms with van der Waals surface area (Å²) in [7, 11) is 3.14. The molecule has 2 amide bonds. The predicted molar refractivity (Wildman–Crippen MR) is 89.8 cm³/mol. The highest BCUT2D eigenvalue weighted by Gasteiger charge is 2.06. The molecule has 0 aliphatic rings. The molecule has 124 valence electrons. The number of urea groups is 1. The fourth-order valence-electron chi connectivity index (χ4n) is 2.17. The Kier molecular flexibility index (Phi) is 6.03. The first-order valence-corrected chi connectivity index (χ1v) is 7.38. The second-order valence-corrected chi connectivity index (χ2v) is 5.04. The Balaban J connectivity index is 1.86. The largest absolute Gasteiger partial charge is 0.493 e. The first kappa shape index (κ1) is 17.2. The smallest absolute Gasteiger partial charge is 0.315 e. The van der Waals surface area contributed by atoms with Crippen molar-refractivity contribution in [1.29, 1.82) is 5.26 Å². The second kappa shape index (κ2) is 8.44. The molecule has 2 N–H and O–H groups in total. The lowest BCUT2D eigenvalue weighted by molar-refractivity contribution is 0.240. The molecule has 0 atom stereocenters. The number of ether oxygens (including phenoxy) is 2. The van der Waals surface area contributed by atoms with Gasteiger partial charge in [0.15, 0.2) is 11.5 Å². The monoisotopic (exact) mass is 325 g/mol. The summed E-state index contributed by atoms with van der Waals surface area (Å²) >= 11 is 0. The van der Waals surface area contributed by atoms with E-state index < -0.39 is 0 Å². The molecule has 0 saturated heterocycles. The fraction of sp³-hybridized carbons (Fsp3) is 0.222. The van der Waals surface area contributed by atoms with Crippen LogP contribution in [0.25, 0.3) is 0 Å². The highest BCUT2D eigenvalue weighted by Crippen LogP contribution is 2.27. The average molecular weight is 325 g/mol. The number of nitrogens with one attached hydrogen (secondary N) is 2. The van der Waals surface area contributed by atoms with Gasteiger partial charge in [-0.3, -0.25) is 0 Å². The van der Waals surface area contributed by atoms with Crippen LogP contribution in [0.15, 0.2) is 42.5 Å². The van der Waals surface area contributed by atoms with Crippen molar-refractivity contribution in [2.24, 2.45) is 0 Å². The number of carbonyl (C=O) groups is 1. The number of nitriles is 1. The van der Waals surface area contributed by atoms with Crippen molar-refractivity contribution < 1.29 is 14.3 Å². The van der Waals surface area contributed by atoms with Gasteiger partial charge in [-0.2, -0.15) is 5.26 Å². The number of carbonyl (C=O) groups excluding carboxylic acids is 1. The standard InChI is InChI=1S/C18H19N3O3/c1-23-16-7-6-15(9-17(16)24-2)12-21-18(22)20-11-14-5-3-4-13(8-14)10-19/h3-9H,11-12H2,1-2H3,(H2,20,21,22). The minimum absolute atomic E-state index is 0.285. The van der Waals surface area contributed by atoms with Crippen LogP contribution in [0.3, 0.4) is 0 Å². The highest BCUT2D eigenvalue weighted by molar-refractivity contribution is 5.73.